The second-order valence-electron chi connectivity index (χ2n) is 10.4. The summed E-state index contributed by atoms with van der Waals surface area (Å²) in [6.45, 7) is -0.256. The summed E-state index contributed by atoms with van der Waals surface area (Å²) in [7, 11) is 1.60. The third-order valence-electron chi connectivity index (χ3n) is 7.92. The SMILES string of the molecule is COc1ccc([C@@H]2CC(c3ccc4ccccc4c3)=NN2C(=O)CN2N=N[C@@H]3C(=O)N(c4ccccc4)C(=O)[C@@H]32)cc1. The van der Waals surface area contributed by atoms with Crippen molar-refractivity contribution >= 4 is 39.9 Å². The smallest absolute Gasteiger partial charge is 0.264 e. The zero-order valence-electron chi connectivity index (χ0n) is 22.7. The number of nitrogens with zero attached hydrogens (tertiary/aromatic N) is 6. The highest BCUT2D eigenvalue weighted by Crippen LogP contribution is 2.36. The van der Waals surface area contributed by atoms with Gasteiger partial charge in [-0.05, 0) is 52.2 Å². The molecule has 10 heteroatoms. The van der Waals surface area contributed by atoms with E-state index in [0.717, 1.165) is 32.5 Å². The minimum atomic E-state index is -0.988. The van der Waals surface area contributed by atoms with Crippen LogP contribution >= 0.6 is 0 Å². The molecule has 1 fully saturated rings. The van der Waals surface area contributed by atoms with E-state index in [-0.39, 0.29) is 18.5 Å². The van der Waals surface area contributed by atoms with E-state index in [1.807, 2.05) is 60.7 Å². The molecule has 3 atom stereocenters. The van der Waals surface area contributed by atoms with Gasteiger partial charge in [-0.2, -0.15) is 10.2 Å². The van der Waals surface area contributed by atoms with Gasteiger partial charge in [0.1, 0.15) is 12.3 Å². The number of ether oxygens (including phenoxy) is 1. The number of hydrogen-bond donors (Lipinski definition) is 0. The Hall–Kier alpha value is -5.38. The van der Waals surface area contributed by atoms with Gasteiger partial charge < -0.3 is 4.74 Å². The summed E-state index contributed by atoms with van der Waals surface area (Å²) in [6.07, 6.45) is 0.503. The van der Waals surface area contributed by atoms with Gasteiger partial charge in [0.05, 0.1) is 24.6 Å². The van der Waals surface area contributed by atoms with Crippen LogP contribution in [-0.4, -0.2) is 59.2 Å². The van der Waals surface area contributed by atoms with Gasteiger partial charge in [0.15, 0.2) is 12.1 Å². The molecule has 0 unspecified atom stereocenters. The zero-order chi connectivity index (χ0) is 28.8. The number of benzene rings is 4. The predicted octanol–water partition coefficient (Wildman–Crippen LogP) is 4.52. The average molecular weight is 559 g/mol. The first-order valence-electron chi connectivity index (χ1n) is 13.6. The van der Waals surface area contributed by atoms with Gasteiger partial charge in [0, 0.05) is 6.42 Å². The Balaban J connectivity index is 1.18. The van der Waals surface area contributed by atoms with Gasteiger partial charge in [0.2, 0.25) is 0 Å². The molecule has 0 aromatic heterocycles. The van der Waals surface area contributed by atoms with Crippen molar-refractivity contribution in [3.8, 4) is 5.75 Å². The van der Waals surface area contributed by atoms with Crippen molar-refractivity contribution in [2.45, 2.75) is 24.5 Å². The molecule has 42 heavy (non-hydrogen) atoms. The van der Waals surface area contributed by atoms with Gasteiger partial charge >= 0.3 is 0 Å². The molecule has 0 bridgehead atoms. The first kappa shape index (κ1) is 25.6. The molecule has 0 aliphatic carbocycles. The number of carbonyl (C=O) groups is 3. The number of rotatable bonds is 6. The summed E-state index contributed by atoms with van der Waals surface area (Å²) < 4.78 is 5.32. The van der Waals surface area contributed by atoms with Crippen molar-refractivity contribution < 1.29 is 19.1 Å². The third kappa shape index (κ3) is 4.28. The maximum atomic E-state index is 13.9. The third-order valence-corrected chi connectivity index (χ3v) is 7.92. The molecule has 3 aliphatic rings. The molecular weight excluding hydrogens is 532 g/mol. The lowest BCUT2D eigenvalue weighted by atomic mass is 9.97. The van der Waals surface area contributed by atoms with Crippen LogP contribution in [0, 0.1) is 0 Å². The van der Waals surface area contributed by atoms with E-state index >= 15 is 0 Å². The van der Waals surface area contributed by atoms with Crippen molar-refractivity contribution in [2.24, 2.45) is 15.4 Å². The maximum absolute atomic E-state index is 13.9. The number of para-hydroxylation sites is 1. The van der Waals surface area contributed by atoms with Crippen LogP contribution in [-0.2, 0) is 14.4 Å². The average Bonchev–Trinajstić information content (AvgIpc) is 3.72. The number of anilines is 1. The van der Waals surface area contributed by atoms with Gasteiger partial charge in [-0.3, -0.25) is 19.4 Å². The van der Waals surface area contributed by atoms with Crippen LogP contribution < -0.4 is 9.64 Å². The molecule has 3 aliphatic heterocycles. The fourth-order valence-electron chi connectivity index (χ4n) is 5.77. The molecule has 10 nitrogen and oxygen atoms in total. The van der Waals surface area contributed by atoms with E-state index in [4.69, 9.17) is 9.84 Å². The molecule has 7 rings (SSSR count). The van der Waals surface area contributed by atoms with Gasteiger partial charge in [-0.15, -0.1) is 0 Å². The minimum Gasteiger partial charge on any atom is -0.497 e. The number of carbonyl (C=O) groups excluding carboxylic acids is 3. The fourth-order valence-corrected chi connectivity index (χ4v) is 5.77. The van der Waals surface area contributed by atoms with Crippen molar-refractivity contribution in [1.29, 1.82) is 0 Å². The number of hydrogen-bond acceptors (Lipinski definition) is 8. The van der Waals surface area contributed by atoms with Gasteiger partial charge in [-0.1, -0.05) is 72.0 Å². The van der Waals surface area contributed by atoms with E-state index in [1.54, 1.807) is 31.4 Å². The molecule has 0 spiro atoms. The highest BCUT2D eigenvalue weighted by Gasteiger charge is 2.55. The molecule has 0 saturated carbocycles. The second-order valence-corrected chi connectivity index (χ2v) is 10.4. The fraction of sp³-hybridized carbons (Fsp3) is 0.188. The molecule has 4 aromatic carbocycles. The monoisotopic (exact) mass is 558 g/mol. The van der Waals surface area contributed by atoms with Crippen LogP contribution in [0.2, 0.25) is 0 Å². The van der Waals surface area contributed by atoms with Crippen LogP contribution in [0.4, 0.5) is 5.69 Å². The lowest BCUT2D eigenvalue weighted by Gasteiger charge is -2.25. The Bertz CT molecular complexity index is 1770. The van der Waals surface area contributed by atoms with Crippen LogP contribution in [0.3, 0.4) is 0 Å². The summed E-state index contributed by atoms with van der Waals surface area (Å²) in [5.74, 6) is -0.558. The molecule has 208 valence electrons. The highest BCUT2D eigenvalue weighted by molar-refractivity contribution is 6.25. The number of amides is 3. The van der Waals surface area contributed by atoms with Crippen molar-refractivity contribution in [3.05, 3.63) is 108 Å². The molecule has 0 N–H and O–H groups in total. The van der Waals surface area contributed by atoms with Gasteiger partial charge in [0.25, 0.3) is 17.7 Å². The second kappa shape index (κ2) is 10.2. The summed E-state index contributed by atoms with van der Waals surface area (Å²) in [5.41, 5.74) is 3.07. The van der Waals surface area contributed by atoms with Crippen LogP contribution in [0.5, 0.6) is 5.75 Å². The lowest BCUT2D eigenvalue weighted by molar-refractivity contribution is -0.135. The summed E-state index contributed by atoms with van der Waals surface area (Å²) in [4.78, 5) is 41.4. The Morgan fingerprint density at radius 2 is 1.62 bits per heavy atom. The van der Waals surface area contributed by atoms with Crippen LogP contribution in [0.15, 0.2) is 113 Å². The van der Waals surface area contributed by atoms with Crippen molar-refractivity contribution in [1.82, 2.24) is 10.0 Å². The number of imide groups is 1. The van der Waals surface area contributed by atoms with Crippen LogP contribution in [0.25, 0.3) is 10.8 Å². The number of methoxy groups -OCH3 is 1. The van der Waals surface area contributed by atoms with E-state index in [2.05, 4.69) is 22.5 Å². The van der Waals surface area contributed by atoms with Crippen molar-refractivity contribution in [3.63, 3.8) is 0 Å². The topological polar surface area (TPSA) is 107 Å². The van der Waals surface area contributed by atoms with E-state index in [9.17, 15) is 14.4 Å². The molecule has 4 aromatic rings. The maximum Gasteiger partial charge on any atom is 0.264 e. The Morgan fingerprint density at radius 3 is 2.38 bits per heavy atom. The molecule has 3 amide bonds. The van der Waals surface area contributed by atoms with Gasteiger partial charge in [-0.25, -0.2) is 9.91 Å². The Labute approximate surface area is 241 Å². The van der Waals surface area contributed by atoms with Crippen LogP contribution in [0.1, 0.15) is 23.6 Å². The van der Waals surface area contributed by atoms with E-state index < -0.39 is 23.9 Å². The standard InChI is InChI=1S/C32H26N6O4/c1-42-25-15-13-21(14-16-25)27-18-26(23-12-11-20-7-5-6-8-22(20)17-23)34-38(27)28(39)19-36-30-29(33-35-36)31(40)37(32(30)41)24-9-3-2-4-10-24/h2-17,27,29-30H,18-19H2,1H3/t27-,29-,30+/m0/s1. The minimum absolute atomic E-state index is 0.256. The zero-order valence-corrected chi connectivity index (χ0v) is 22.7. The van der Waals surface area contributed by atoms with Crippen molar-refractivity contribution in [2.75, 3.05) is 18.6 Å². The molecular formula is C32H26N6O4. The first-order valence-corrected chi connectivity index (χ1v) is 13.6. The molecule has 1 saturated heterocycles. The summed E-state index contributed by atoms with van der Waals surface area (Å²) in [5, 5.41) is 17.9. The number of hydrazone groups is 1. The number of fused-ring (bicyclic) bond motifs is 2. The highest BCUT2D eigenvalue weighted by atomic mass is 16.5. The molecule has 3 heterocycles. The molecule has 0 radical (unpaired) electrons. The first-order chi connectivity index (χ1) is 20.5. The lowest BCUT2D eigenvalue weighted by Crippen LogP contribution is -2.44. The Kier molecular flexibility index (Phi) is 6.23. The largest absolute Gasteiger partial charge is 0.497 e. The predicted molar refractivity (Wildman–Crippen MR) is 156 cm³/mol. The van der Waals surface area contributed by atoms with E-state index in [1.165, 1.54) is 10.0 Å². The normalized spacial score (nSPS) is 21.3. The summed E-state index contributed by atoms with van der Waals surface area (Å²) >= 11 is 0. The quantitative estimate of drug-likeness (QED) is 0.324. The Morgan fingerprint density at radius 1 is 0.881 bits per heavy atom. The van der Waals surface area contributed by atoms with E-state index in [0.29, 0.717) is 17.9 Å². The summed E-state index contributed by atoms with van der Waals surface area (Å²) in [6, 6.07) is 28.1.